The van der Waals surface area contributed by atoms with Gasteiger partial charge < -0.3 is 10.6 Å². The monoisotopic (exact) mass is 351 g/mol. The summed E-state index contributed by atoms with van der Waals surface area (Å²) >= 11 is 0. The Morgan fingerprint density at radius 3 is 2.54 bits per heavy atom. The summed E-state index contributed by atoms with van der Waals surface area (Å²) in [5.74, 6) is 0.846. The predicted molar refractivity (Wildman–Crippen MR) is 107 cm³/mol. The van der Waals surface area contributed by atoms with Gasteiger partial charge in [-0.3, -0.25) is 9.88 Å². The summed E-state index contributed by atoms with van der Waals surface area (Å²) in [6, 6.07) is 17.1. The average molecular weight is 351 g/mol. The molecule has 2 heterocycles. The van der Waals surface area contributed by atoms with Gasteiger partial charge in [0.15, 0.2) is 5.96 Å². The van der Waals surface area contributed by atoms with Crippen LogP contribution >= 0.6 is 0 Å². The zero-order valence-electron chi connectivity index (χ0n) is 15.6. The Bertz CT molecular complexity index is 665. The number of hydrogen-bond donors (Lipinski definition) is 2. The lowest BCUT2D eigenvalue weighted by molar-refractivity contribution is 0.245. The third-order valence-electron chi connectivity index (χ3n) is 4.70. The first-order valence-corrected chi connectivity index (χ1v) is 9.58. The van der Waals surface area contributed by atoms with Gasteiger partial charge in [0.25, 0.3) is 0 Å². The van der Waals surface area contributed by atoms with Gasteiger partial charge in [-0.15, -0.1) is 0 Å². The maximum atomic E-state index is 4.69. The number of benzene rings is 1. The Hall–Kier alpha value is -2.40. The maximum Gasteiger partial charge on any atom is 0.191 e. The second kappa shape index (κ2) is 9.92. The van der Waals surface area contributed by atoms with E-state index in [2.05, 4.69) is 62.8 Å². The molecular formula is C21H29N5. The molecular weight excluding hydrogens is 322 g/mol. The number of nitrogens with one attached hydrogen (secondary N) is 2. The van der Waals surface area contributed by atoms with Gasteiger partial charge in [0.05, 0.1) is 18.3 Å². The average Bonchev–Trinajstić information content (AvgIpc) is 3.22. The van der Waals surface area contributed by atoms with Crippen molar-refractivity contribution in [2.24, 2.45) is 4.99 Å². The highest BCUT2D eigenvalue weighted by molar-refractivity contribution is 5.79. The van der Waals surface area contributed by atoms with E-state index in [9.17, 15) is 0 Å². The molecule has 0 radical (unpaired) electrons. The summed E-state index contributed by atoms with van der Waals surface area (Å²) in [4.78, 5) is 11.6. The predicted octanol–water partition coefficient (Wildman–Crippen LogP) is 2.97. The molecule has 0 saturated carbocycles. The Balaban J connectivity index is 1.66. The molecule has 0 spiro atoms. The van der Waals surface area contributed by atoms with Gasteiger partial charge in [-0.25, -0.2) is 4.99 Å². The number of hydrogen-bond acceptors (Lipinski definition) is 3. The van der Waals surface area contributed by atoms with Gasteiger partial charge in [0, 0.05) is 19.3 Å². The first kappa shape index (κ1) is 18.4. The molecule has 1 fully saturated rings. The third kappa shape index (κ3) is 5.30. The van der Waals surface area contributed by atoms with E-state index in [1.807, 2.05) is 24.4 Å². The molecule has 1 saturated heterocycles. The largest absolute Gasteiger partial charge is 0.357 e. The van der Waals surface area contributed by atoms with Crippen LogP contribution in [0.2, 0.25) is 0 Å². The van der Waals surface area contributed by atoms with Crippen LogP contribution in [0.4, 0.5) is 0 Å². The standard InChI is InChI=1S/C21H29N5/c1-2-22-21(24-16-19-12-6-7-13-23-19)25-17-20(26-14-8-9-15-26)18-10-4-3-5-11-18/h3-7,10-13,20H,2,8-9,14-17H2,1H3,(H2,22,24,25). The Morgan fingerprint density at radius 1 is 1.08 bits per heavy atom. The highest BCUT2D eigenvalue weighted by Crippen LogP contribution is 2.24. The molecule has 0 bridgehead atoms. The summed E-state index contributed by atoms with van der Waals surface area (Å²) in [6.45, 7) is 6.69. The highest BCUT2D eigenvalue weighted by atomic mass is 15.2. The molecule has 5 heteroatoms. The number of guanidine groups is 1. The van der Waals surface area contributed by atoms with E-state index in [0.29, 0.717) is 12.6 Å². The molecule has 1 aliphatic rings. The van der Waals surface area contributed by atoms with Gasteiger partial charge >= 0.3 is 0 Å². The number of aliphatic imine (C=N–C) groups is 1. The Labute approximate surface area is 156 Å². The minimum absolute atomic E-state index is 0.373. The number of nitrogens with zero attached hydrogens (tertiary/aromatic N) is 3. The molecule has 3 rings (SSSR count). The summed E-state index contributed by atoms with van der Waals surface area (Å²) in [7, 11) is 0. The van der Waals surface area contributed by atoms with Crippen LogP contribution in [0.3, 0.4) is 0 Å². The van der Waals surface area contributed by atoms with Gasteiger partial charge in [0.2, 0.25) is 0 Å². The second-order valence-electron chi connectivity index (χ2n) is 6.57. The molecule has 1 aliphatic heterocycles. The molecule has 5 nitrogen and oxygen atoms in total. The van der Waals surface area contributed by atoms with Gasteiger partial charge in [-0.05, 0) is 50.6 Å². The van der Waals surface area contributed by atoms with Crippen molar-refractivity contribution in [2.75, 3.05) is 26.2 Å². The molecule has 1 atom stereocenters. The number of likely N-dealkylation sites (tertiary alicyclic amines) is 1. The fourth-order valence-electron chi connectivity index (χ4n) is 3.37. The lowest BCUT2D eigenvalue weighted by atomic mass is 10.1. The maximum absolute atomic E-state index is 4.69. The van der Waals surface area contributed by atoms with Crippen molar-refractivity contribution < 1.29 is 0 Å². The fourth-order valence-corrected chi connectivity index (χ4v) is 3.37. The van der Waals surface area contributed by atoms with Gasteiger partial charge in [-0.1, -0.05) is 36.4 Å². The molecule has 1 aromatic carbocycles. The first-order valence-electron chi connectivity index (χ1n) is 9.58. The fraction of sp³-hybridized carbons (Fsp3) is 0.429. The van der Waals surface area contributed by atoms with Crippen molar-refractivity contribution in [3.8, 4) is 0 Å². The molecule has 0 aliphatic carbocycles. The highest BCUT2D eigenvalue weighted by Gasteiger charge is 2.23. The smallest absolute Gasteiger partial charge is 0.191 e. The van der Waals surface area contributed by atoms with Crippen molar-refractivity contribution in [1.82, 2.24) is 20.5 Å². The molecule has 1 aromatic heterocycles. The van der Waals surface area contributed by atoms with Crippen molar-refractivity contribution in [3.63, 3.8) is 0 Å². The Kier molecular flexibility index (Phi) is 7.02. The zero-order valence-corrected chi connectivity index (χ0v) is 15.6. The van der Waals surface area contributed by atoms with Crippen LogP contribution in [0.15, 0.2) is 59.7 Å². The van der Waals surface area contributed by atoms with E-state index in [0.717, 1.165) is 24.7 Å². The summed E-state index contributed by atoms with van der Waals surface area (Å²) in [6.07, 6.45) is 4.39. The Morgan fingerprint density at radius 2 is 1.85 bits per heavy atom. The quantitative estimate of drug-likeness (QED) is 0.595. The van der Waals surface area contributed by atoms with Crippen LogP contribution in [-0.2, 0) is 6.54 Å². The van der Waals surface area contributed by atoms with Crippen LogP contribution in [0.5, 0.6) is 0 Å². The van der Waals surface area contributed by atoms with Crippen LogP contribution in [0, 0.1) is 0 Å². The summed E-state index contributed by atoms with van der Waals surface area (Å²) < 4.78 is 0. The van der Waals surface area contributed by atoms with Crippen LogP contribution < -0.4 is 10.6 Å². The minimum atomic E-state index is 0.373. The van der Waals surface area contributed by atoms with Crippen molar-refractivity contribution >= 4 is 5.96 Å². The molecule has 2 N–H and O–H groups in total. The number of rotatable bonds is 7. The van der Waals surface area contributed by atoms with Gasteiger partial charge in [-0.2, -0.15) is 0 Å². The van der Waals surface area contributed by atoms with Crippen molar-refractivity contribution in [2.45, 2.75) is 32.4 Å². The summed E-state index contributed by atoms with van der Waals surface area (Å²) in [5.41, 5.74) is 2.34. The number of aromatic nitrogens is 1. The van der Waals surface area contributed by atoms with E-state index in [1.54, 1.807) is 0 Å². The van der Waals surface area contributed by atoms with E-state index >= 15 is 0 Å². The zero-order chi connectivity index (χ0) is 18.0. The van der Waals surface area contributed by atoms with Crippen molar-refractivity contribution in [3.05, 3.63) is 66.0 Å². The minimum Gasteiger partial charge on any atom is -0.357 e. The van der Waals surface area contributed by atoms with E-state index in [4.69, 9.17) is 0 Å². The SMILES string of the molecule is CCNC(=NCc1ccccn1)NCC(c1ccccc1)N1CCCC1. The summed E-state index contributed by atoms with van der Waals surface area (Å²) in [5, 5.41) is 6.88. The molecule has 26 heavy (non-hydrogen) atoms. The molecule has 0 amide bonds. The normalized spacial score (nSPS) is 16.4. The third-order valence-corrected chi connectivity index (χ3v) is 4.70. The number of pyridine rings is 1. The van der Waals surface area contributed by atoms with Crippen LogP contribution in [0.1, 0.15) is 37.1 Å². The molecule has 1 unspecified atom stereocenters. The lowest BCUT2D eigenvalue weighted by Gasteiger charge is -2.29. The first-order chi connectivity index (χ1) is 12.9. The van der Waals surface area contributed by atoms with Gasteiger partial charge in [0.1, 0.15) is 0 Å². The lowest BCUT2D eigenvalue weighted by Crippen LogP contribution is -2.42. The molecule has 138 valence electrons. The van der Waals surface area contributed by atoms with E-state index in [1.165, 1.54) is 31.5 Å². The van der Waals surface area contributed by atoms with Crippen molar-refractivity contribution in [1.29, 1.82) is 0 Å². The topological polar surface area (TPSA) is 52.6 Å². The van der Waals surface area contributed by atoms with Crippen LogP contribution in [-0.4, -0.2) is 42.0 Å². The molecule has 2 aromatic rings. The van der Waals surface area contributed by atoms with E-state index in [-0.39, 0.29) is 0 Å². The van der Waals surface area contributed by atoms with Crippen LogP contribution in [0.25, 0.3) is 0 Å². The van der Waals surface area contributed by atoms with E-state index < -0.39 is 0 Å². The second-order valence-corrected chi connectivity index (χ2v) is 6.57.